The minimum Gasteiger partial charge on any atom is -0.487 e. The second-order valence-corrected chi connectivity index (χ2v) is 10.1. The number of rotatable bonds is 10. The third-order valence-corrected chi connectivity index (χ3v) is 6.97. The molecule has 41 heavy (non-hydrogen) atoms. The first kappa shape index (κ1) is 28.1. The highest BCUT2D eigenvalue weighted by Crippen LogP contribution is 2.27. The number of hydrogen-bond acceptors (Lipinski definition) is 5. The van der Waals surface area contributed by atoms with Crippen LogP contribution < -0.4 is 14.9 Å². The molecule has 0 saturated carbocycles. The summed E-state index contributed by atoms with van der Waals surface area (Å²) in [4.78, 5) is 12.5. The van der Waals surface area contributed by atoms with E-state index in [0.29, 0.717) is 39.5 Å². The molecule has 0 aliphatic carbocycles. The molecule has 2 aromatic heterocycles. The van der Waals surface area contributed by atoms with Gasteiger partial charge in [-0.3, -0.25) is 4.79 Å². The van der Waals surface area contributed by atoms with Gasteiger partial charge in [-0.2, -0.15) is 5.10 Å². The van der Waals surface area contributed by atoms with Crippen molar-refractivity contribution in [2.45, 2.75) is 27.1 Å². The van der Waals surface area contributed by atoms with Crippen molar-refractivity contribution >= 4 is 35.3 Å². The van der Waals surface area contributed by atoms with E-state index in [-0.39, 0.29) is 12.4 Å². The fourth-order valence-electron chi connectivity index (χ4n) is 4.21. The number of furan rings is 1. The van der Waals surface area contributed by atoms with Gasteiger partial charge in [0.05, 0.1) is 11.2 Å². The zero-order valence-corrected chi connectivity index (χ0v) is 23.9. The van der Waals surface area contributed by atoms with Gasteiger partial charge in [0, 0.05) is 27.7 Å². The SMILES string of the molecule is Cc1ccc(C)n1-c1ccc(OCc2ccc(C(=O)N/N=C/c3ccc(OCc4ccccc4Cl)c(Cl)c3)o2)cc1. The van der Waals surface area contributed by atoms with E-state index in [2.05, 4.69) is 41.1 Å². The molecule has 0 saturated heterocycles. The van der Waals surface area contributed by atoms with E-state index in [0.717, 1.165) is 11.3 Å². The molecule has 0 aliphatic heterocycles. The van der Waals surface area contributed by atoms with Crippen molar-refractivity contribution < 1.29 is 18.7 Å². The van der Waals surface area contributed by atoms with Crippen LogP contribution in [0.1, 0.15) is 38.8 Å². The lowest BCUT2D eigenvalue weighted by molar-refractivity contribution is 0.0923. The molecule has 0 bridgehead atoms. The van der Waals surface area contributed by atoms with Crippen LogP contribution in [0.15, 0.2) is 101 Å². The van der Waals surface area contributed by atoms with Gasteiger partial charge in [-0.25, -0.2) is 5.43 Å². The molecule has 208 valence electrons. The molecule has 0 spiro atoms. The average molecular weight is 588 g/mol. The molecule has 1 amide bonds. The van der Waals surface area contributed by atoms with E-state index in [1.54, 1.807) is 36.4 Å². The number of carbonyl (C=O) groups is 1. The van der Waals surface area contributed by atoms with Gasteiger partial charge in [0.25, 0.3) is 0 Å². The van der Waals surface area contributed by atoms with Crippen molar-refractivity contribution in [3.63, 3.8) is 0 Å². The molecule has 5 aromatic rings. The van der Waals surface area contributed by atoms with Gasteiger partial charge in [-0.15, -0.1) is 0 Å². The Labute approximate surface area is 247 Å². The number of aromatic nitrogens is 1. The summed E-state index contributed by atoms with van der Waals surface area (Å²) in [5, 5.41) is 5.04. The maximum absolute atomic E-state index is 12.5. The minimum absolute atomic E-state index is 0.121. The van der Waals surface area contributed by atoms with Crippen LogP contribution in [0, 0.1) is 13.8 Å². The molecule has 9 heteroatoms. The maximum Gasteiger partial charge on any atom is 0.307 e. The van der Waals surface area contributed by atoms with Crippen LogP contribution in [0.4, 0.5) is 0 Å². The Bertz CT molecular complexity index is 1670. The molecule has 3 aromatic carbocycles. The standard InChI is InChI=1S/C32H27Cl2N3O4/c1-21-7-8-22(2)37(21)25-10-12-26(13-11-25)39-20-27-14-16-31(41-27)32(38)36-35-18-23-9-15-30(29(34)17-23)40-19-24-5-3-4-6-28(24)33/h3-18H,19-20H2,1-2H3,(H,36,38)/b35-18+. The van der Waals surface area contributed by atoms with Crippen LogP contribution >= 0.6 is 23.2 Å². The number of carbonyl (C=O) groups excluding carboxylic acids is 1. The van der Waals surface area contributed by atoms with Crippen molar-refractivity contribution in [2.75, 3.05) is 0 Å². The molecule has 0 unspecified atom stereocenters. The lowest BCUT2D eigenvalue weighted by atomic mass is 10.2. The van der Waals surface area contributed by atoms with Crippen LogP contribution in [0.2, 0.25) is 10.0 Å². The molecule has 5 rings (SSSR count). The molecule has 7 nitrogen and oxygen atoms in total. The van der Waals surface area contributed by atoms with Gasteiger partial charge >= 0.3 is 5.91 Å². The molecule has 2 heterocycles. The second-order valence-electron chi connectivity index (χ2n) is 9.27. The maximum atomic E-state index is 12.5. The molecular formula is C32H27Cl2N3O4. The highest BCUT2D eigenvalue weighted by atomic mass is 35.5. The number of ether oxygens (including phenoxy) is 2. The zero-order valence-electron chi connectivity index (χ0n) is 22.4. The molecule has 0 aliphatic rings. The number of benzene rings is 3. The second kappa shape index (κ2) is 12.8. The Balaban J connectivity index is 1.11. The summed E-state index contributed by atoms with van der Waals surface area (Å²) >= 11 is 12.5. The molecular weight excluding hydrogens is 561 g/mol. The summed E-state index contributed by atoms with van der Waals surface area (Å²) < 4.78 is 19.4. The molecule has 1 N–H and O–H groups in total. The summed E-state index contributed by atoms with van der Waals surface area (Å²) in [6, 6.07) is 27.9. The Hall–Kier alpha value is -4.46. The number of hydrogen-bond donors (Lipinski definition) is 1. The summed E-state index contributed by atoms with van der Waals surface area (Å²) in [7, 11) is 0. The summed E-state index contributed by atoms with van der Waals surface area (Å²) in [6.45, 7) is 4.61. The Kier molecular flexibility index (Phi) is 8.77. The van der Waals surface area contributed by atoms with E-state index in [1.807, 2.05) is 42.5 Å². The molecule has 0 radical (unpaired) electrons. The minimum atomic E-state index is -0.486. The monoisotopic (exact) mass is 587 g/mol. The first-order chi connectivity index (χ1) is 19.9. The van der Waals surface area contributed by atoms with Gasteiger partial charge in [0.15, 0.2) is 5.76 Å². The average Bonchev–Trinajstić information content (AvgIpc) is 3.58. The van der Waals surface area contributed by atoms with Gasteiger partial charge in [-0.1, -0.05) is 41.4 Å². The Morgan fingerprint density at radius 2 is 1.63 bits per heavy atom. The lowest BCUT2D eigenvalue weighted by Gasteiger charge is -2.10. The third kappa shape index (κ3) is 7.01. The Morgan fingerprint density at radius 1 is 0.878 bits per heavy atom. The first-order valence-electron chi connectivity index (χ1n) is 12.8. The van der Waals surface area contributed by atoms with E-state index < -0.39 is 5.91 Å². The molecule has 0 atom stereocenters. The fourth-order valence-corrected chi connectivity index (χ4v) is 4.64. The van der Waals surface area contributed by atoms with Gasteiger partial charge in [0.1, 0.15) is 30.5 Å². The largest absolute Gasteiger partial charge is 0.487 e. The van der Waals surface area contributed by atoms with Crippen molar-refractivity contribution in [3.05, 3.63) is 135 Å². The van der Waals surface area contributed by atoms with Crippen LogP contribution in [0.5, 0.6) is 11.5 Å². The Morgan fingerprint density at radius 3 is 2.37 bits per heavy atom. The van der Waals surface area contributed by atoms with Crippen molar-refractivity contribution in [3.8, 4) is 17.2 Å². The molecule has 0 fully saturated rings. The summed E-state index contributed by atoms with van der Waals surface area (Å²) in [5.41, 5.74) is 7.39. The van der Waals surface area contributed by atoms with Crippen LogP contribution in [0.3, 0.4) is 0 Å². The van der Waals surface area contributed by atoms with Crippen LogP contribution in [-0.2, 0) is 13.2 Å². The quantitative estimate of drug-likeness (QED) is 0.133. The van der Waals surface area contributed by atoms with E-state index >= 15 is 0 Å². The zero-order chi connectivity index (χ0) is 28.8. The number of halogens is 2. The van der Waals surface area contributed by atoms with Crippen molar-refractivity contribution in [2.24, 2.45) is 5.10 Å². The fraction of sp³-hybridized carbons (Fsp3) is 0.125. The summed E-state index contributed by atoms with van der Waals surface area (Å²) in [5.74, 6) is 1.36. The number of hydrazone groups is 1. The topological polar surface area (TPSA) is 78.0 Å². The summed E-state index contributed by atoms with van der Waals surface area (Å²) in [6.07, 6.45) is 1.48. The van der Waals surface area contributed by atoms with E-state index in [9.17, 15) is 4.79 Å². The lowest BCUT2D eigenvalue weighted by Crippen LogP contribution is -2.16. The highest BCUT2D eigenvalue weighted by molar-refractivity contribution is 6.32. The van der Waals surface area contributed by atoms with Crippen molar-refractivity contribution in [1.29, 1.82) is 0 Å². The number of nitrogens with one attached hydrogen (secondary N) is 1. The first-order valence-corrected chi connectivity index (χ1v) is 13.6. The normalized spacial score (nSPS) is 11.1. The predicted molar refractivity (Wildman–Crippen MR) is 161 cm³/mol. The highest BCUT2D eigenvalue weighted by Gasteiger charge is 2.12. The van der Waals surface area contributed by atoms with Crippen LogP contribution in [-0.4, -0.2) is 16.7 Å². The number of nitrogens with zero attached hydrogens (tertiary/aromatic N) is 2. The smallest absolute Gasteiger partial charge is 0.307 e. The third-order valence-electron chi connectivity index (χ3n) is 6.31. The predicted octanol–water partition coefficient (Wildman–Crippen LogP) is 7.92. The number of aryl methyl sites for hydroxylation is 2. The van der Waals surface area contributed by atoms with Crippen molar-refractivity contribution in [1.82, 2.24) is 9.99 Å². The van der Waals surface area contributed by atoms with Gasteiger partial charge in [-0.05, 0) is 92.2 Å². The van der Waals surface area contributed by atoms with Gasteiger partial charge < -0.3 is 18.5 Å². The van der Waals surface area contributed by atoms with Crippen LogP contribution in [0.25, 0.3) is 5.69 Å². The van der Waals surface area contributed by atoms with E-state index in [4.69, 9.17) is 37.1 Å². The van der Waals surface area contributed by atoms with E-state index in [1.165, 1.54) is 17.6 Å². The number of amides is 1. The van der Waals surface area contributed by atoms with Gasteiger partial charge in [0.2, 0.25) is 0 Å².